The summed E-state index contributed by atoms with van der Waals surface area (Å²) in [6.07, 6.45) is -0.397. The largest absolute Gasteiger partial charge is 0.508 e. The van der Waals surface area contributed by atoms with Crippen molar-refractivity contribution in [3.8, 4) is 5.75 Å². The second kappa shape index (κ2) is 11.6. The molecule has 6 rings (SSSR count). The number of rotatable bonds is 6. The first-order valence-corrected chi connectivity index (χ1v) is 14.2. The van der Waals surface area contributed by atoms with Gasteiger partial charge < -0.3 is 20.2 Å². The minimum absolute atomic E-state index is 0.0257. The first-order valence-electron chi connectivity index (χ1n) is 14.2. The number of piperazine rings is 1. The number of urea groups is 1. The molecule has 0 saturated carbocycles. The Morgan fingerprint density at radius 1 is 0.881 bits per heavy atom. The highest BCUT2D eigenvalue weighted by molar-refractivity contribution is 5.92. The van der Waals surface area contributed by atoms with Crippen LogP contribution in [-0.4, -0.2) is 62.4 Å². The van der Waals surface area contributed by atoms with Gasteiger partial charge in [-0.25, -0.2) is 4.79 Å². The molecule has 8 nitrogen and oxygen atoms in total. The van der Waals surface area contributed by atoms with Crippen molar-refractivity contribution in [2.24, 2.45) is 0 Å². The molecule has 2 N–H and O–H groups in total. The van der Waals surface area contributed by atoms with E-state index in [9.17, 15) is 19.5 Å². The highest BCUT2D eigenvalue weighted by atomic mass is 16.3. The Hall–Kier alpha value is -4.85. The van der Waals surface area contributed by atoms with E-state index in [2.05, 4.69) is 12.2 Å². The number of nitrogens with zero attached hydrogens (tertiary/aromatic N) is 3. The fourth-order valence-corrected chi connectivity index (χ4v) is 6.11. The summed E-state index contributed by atoms with van der Waals surface area (Å²) in [7, 11) is 0. The fraction of sp³-hybridized carbons (Fsp3) is 0.235. The zero-order chi connectivity index (χ0) is 29.2. The smallest absolute Gasteiger partial charge is 0.319 e. The average Bonchev–Trinajstić information content (AvgIpc) is 2.99. The van der Waals surface area contributed by atoms with Gasteiger partial charge in [0.25, 0.3) is 0 Å². The number of amides is 4. The quantitative estimate of drug-likeness (QED) is 0.363. The van der Waals surface area contributed by atoms with Crippen molar-refractivity contribution in [2.45, 2.75) is 44.2 Å². The van der Waals surface area contributed by atoms with Crippen molar-refractivity contribution in [1.29, 1.82) is 0 Å². The molecule has 2 fully saturated rings. The molecular weight excluding hydrogens is 528 g/mol. The Labute approximate surface area is 245 Å². The van der Waals surface area contributed by atoms with Crippen LogP contribution < -0.4 is 5.32 Å². The maximum atomic E-state index is 14.2. The molecule has 0 aliphatic carbocycles. The Kier molecular flexibility index (Phi) is 7.52. The van der Waals surface area contributed by atoms with E-state index in [4.69, 9.17) is 0 Å². The van der Waals surface area contributed by atoms with Gasteiger partial charge in [-0.3, -0.25) is 14.5 Å². The molecule has 2 heterocycles. The average molecular weight is 562 g/mol. The lowest BCUT2D eigenvalue weighted by molar-refractivity contribution is -0.169. The fourth-order valence-electron chi connectivity index (χ4n) is 6.11. The normalized spacial score (nSPS) is 20.5. The number of hydrogen-bond acceptors (Lipinski definition) is 4. The van der Waals surface area contributed by atoms with Crippen LogP contribution in [0.25, 0.3) is 10.8 Å². The van der Waals surface area contributed by atoms with Crippen LogP contribution in [0.3, 0.4) is 0 Å². The van der Waals surface area contributed by atoms with Gasteiger partial charge in [-0.2, -0.15) is 0 Å². The van der Waals surface area contributed by atoms with Crippen LogP contribution in [0.2, 0.25) is 0 Å². The van der Waals surface area contributed by atoms with E-state index in [1.807, 2.05) is 72.8 Å². The van der Waals surface area contributed by atoms with Crippen molar-refractivity contribution >= 4 is 28.6 Å². The highest BCUT2D eigenvalue weighted by Crippen LogP contribution is 2.32. The van der Waals surface area contributed by atoms with E-state index in [0.717, 1.165) is 27.5 Å². The minimum Gasteiger partial charge on any atom is -0.508 e. The number of carbonyl (C=O) groups is 3. The topological polar surface area (TPSA) is 93.2 Å². The second-order valence-electron chi connectivity index (χ2n) is 10.9. The molecule has 4 aromatic rings. The second-order valence-corrected chi connectivity index (χ2v) is 10.9. The third-order valence-corrected chi connectivity index (χ3v) is 8.18. The molecule has 0 unspecified atom stereocenters. The summed E-state index contributed by atoms with van der Waals surface area (Å²) in [5.41, 5.74) is 2.76. The molecule has 0 bridgehead atoms. The van der Waals surface area contributed by atoms with Gasteiger partial charge in [-0.15, -0.1) is 0 Å². The standard InChI is InChI=1S/C34H33N4O4/c1-23-18-32(40)38-30(19-24-14-16-28(39)17-15-24)33(41)36(21-27-12-7-11-26-10-5-6-13-29(26)27)22-31(38)37(23)34(42)35-20-25-8-3-2-4-9-25/h2-17,23,30-31,39H,1,18-22H2,(H,35,42)/t23-,30-,31+/m0/s1. The van der Waals surface area contributed by atoms with Crippen LogP contribution in [0, 0.1) is 6.92 Å². The van der Waals surface area contributed by atoms with E-state index in [1.165, 1.54) is 0 Å². The van der Waals surface area contributed by atoms with Crippen LogP contribution in [-0.2, 0) is 29.1 Å². The van der Waals surface area contributed by atoms with Crippen molar-refractivity contribution in [1.82, 2.24) is 20.0 Å². The van der Waals surface area contributed by atoms with Crippen molar-refractivity contribution in [2.75, 3.05) is 6.54 Å². The first-order chi connectivity index (χ1) is 20.4. The van der Waals surface area contributed by atoms with Crippen molar-refractivity contribution < 1.29 is 19.5 Å². The SMILES string of the molecule is [CH2][C@H]1CC(=O)N2[C@H](CN(Cc3cccc4ccccc34)C(=O)[C@@H]2Cc2ccc(O)cc2)N1C(=O)NCc1ccccc1. The van der Waals surface area contributed by atoms with Gasteiger partial charge in [-0.1, -0.05) is 84.9 Å². The summed E-state index contributed by atoms with van der Waals surface area (Å²) < 4.78 is 0. The van der Waals surface area contributed by atoms with Gasteiger partial charge in [0, 0.05) is 32.0 Å². The monoisotopic (exact) mass is 561 g/mol. The molecule has 2 aliphatic rings. The lowest BCUT2D eigenvalue weighted by atomic mass is 9.95. The number of hydrogen-bond donors (Lipinski definition) is 2. The third kappa shape index (κ3) is 5.40. The predicted octanol–water partition coefficient (Wildman–Crippen LogP) is 4.47. The van der Waals surface area contributed by atoms with Crippen molar-refractivity contribution in [3.63, 3.8) is 0 Å². The predicted molar refractivity (Wildman–Crippen MR) is 160 cm³/mol. The molecule has 0 aromatic heterocycles. The van der Waals surface area contributed by atoms with Gasteiger partial charge in [0.1, 0.15) is 18.0 Å². The molecule has 2 saturated heterocycles. The third-order valence-electron chi connectivity index (χ3n) is 8.18. The Bertz CT molecular complexity index is 1600. The molecule has 4 aromatic carbocycles. The number of carbonyl (C=O) groups excluding carboxylic acids is 3. The number of fused-ring (bicyclic) bond motifs is 2. The molecule has 213 valence electrons. The summed E-state index contributed by atoms with van der Waals surface area (Å²) in [6.45, 7) is 5.01. The molecule has 2 aliphatic heterocycles. The number of phenolic OH excluding ortho intramolecular Hbond substituents is 1. The van der Waals surface area contributed by atoms with Gasteiger partial charge in [0.15, 0.2) is 0 Å². The van der Waals surface area contributed by atoms with E-state index in [0.29, 0.717) is 13.1 Å². The zero-order valence-corrected chi connectivity index (χ0v) is 23.2. The molecule has 3 atom stereocenters. The summed E-state index contributed by atoms with van der Waals surface area (Å²) in [5.74, 6) is -0.249. The zero-order valence-electron chi connectivity index (χ0n) is 23.2. The molecular formula is C34H33N4O4. The summed E-state index contributed by atoms with van der Waals surface area (Å²) in [4.78, 5) is 46.3. The van der Waals surface area contributed by atoms with Crippen LogP contribution in [0.4, 0.5) is 4.79 Å². The van der Waals surface area contributed by atoms with Crippen LogP contribution in [0.1, 0.15) is 23.1 Å². The van der Waals surface area contributed by atoms with E-state index in [1.54, 1.807) is 39.0 Å². The number of nitrogens with one attached hydrogen (secondary N) is 1. The number of aromatic hydroxyl groups is 1. The van der Waals surface area contributed by atoms with Crippen molar-refractivity contribution in [3.05, 3.63) is 121 Å². The Morgan fingerprint density at radius 2 is 1.60 bits per heavy atom. The number of benzene rings is 4. The van der Waals surface area contributed by atoms with Gasteiger partial charge in [0.05, 0.1) is 6.54 Å². The molecule has 0 spiro atoms. The summed E-state index contributed by atoms with van der Waals surface area (Å²) >= 11 is 0. The molecule has 1 radical (unpaired) electrons. The lowest BCUT2D eigenvalue weighted by Gasteiger charge is -2.54. The maximum absolute atomic E-state index is 14.2. The number of phenols is 1. The molecule has 8 heteroatoms. The summed E-state index contributed by atoms with van der Waals surface area (Å²) in [5, 5.41) is 14.9. The van der Waals surface area contributed by atoms with E-state index in [-0.39, 0.29) is 43.0 Å². The molecule has 42 heavy (non-hydrogen) atoms. The van der Waals surface area contributed by atoms with Gasteiger partial charge in [-0.05, 0) is 46.5 Å². The maximum Gasteiger partial charge on any atom is 0.319 e. The lowest BCUT2D eigenvalue weighted by Crippen LogP contribution is -2.73. The Balaban J connectivity index is 1.34. The van der Waals surface area contributed by atoms with Gasteiger partial charge >= 0.3 is 6.03 Å². The summed E-state index contributed by atoms with van der Waals surface area (Å²) in [6, 6.07) is 28.6. The van der Waals surface area contributed by atoms with Gasteiger partial charge in [0.2, 0.25) is 11.8 Å². The molecule has 4 amide bonds. The van der Waals surface area contributed by atoms with E-state index >= 15 is 0 Å². The van der Waals surface area contributed by atoms with E-state index < -0.39 is 18.2 Å². The van der Waals surface area contributed by atoms with Crippen LogP contribution >= 0.6 is 0 Å². The van der Waals surface area contributed by atoms with Crippen LogP contribution in [0.5, 0.6) is 5.75 Å². The first kappa shape index (κ1) is 27.3. The minimum atomic E-state index is -0.812. The van der Waals surface area contributed by atoms with Crippen LogP contribution in [0.15, 0.2) is 97.1 Å². The highest BCUT2D eigenvalue weighted by Gasteiger charge is 2.50. The Morgan fingerprint density at radius 3 is 2.38 bits per heavy atom.